The summed E-state index contributed by atoms with van der Waals surface area (Å²) in [4.78, 5) is 12.0. The molecule has 1 aromatic carbocycles. The van der Waals surface area contributed by atoms with Crippen LogP contribution in [-0.2, 0) is 0 Å². The van der Waals surface area contributed by atoms with Crippen LogP contribution in [-0.4, -0.2) is 37.4 Å². The van der Waals surface area contributed by atoms with Crippen molar-refractivity contribution < 1.29 is 19.4 Å². The Bertz CT molecular complexity index is 441. The zero-order valence-electron chi connectivity index (χ0n) is 10.5. The maximum absolute atomic E-state index is 12.0. The fraction of sp³-hybridized carbons (Fsp3) is 0.462. The minimum absolute atomic E-state index is 0.0549. The molecule has 0 atom stereocenters. The molecule has 18 heavy (non-hydrogen) atoms. The van der Waals surface area contributed by atoms with Gasteiger partial charge in [0.2, 0.25) is 0 Å². The standard InChI is InChI=1S/C13H17NO4/c1-17-10-3-4-11(12(7-10)18-2)13(16)14-8-5-9(15)6-8/h3-4,7-9,15H,5-6H2,1-2H3,(H,14,16). The Kier molecular flexibility index (Phi) is 3.72. The number of hydrogen-bond donors (Lipinski definition) is 2. The van der Waals surface area contributed by atoms with Gasteiger partial charge in [-0.1, -0.05) is 0 Å². The van der Waals surface area contributed by atoms with Gasteiger partial charge in [0.1, 0.15) is 11.5 Å². The molecule has 1 saturated carbocycles. The number of rotatable bonds is 4. The smallest absolute Gasteiger partial charge is 0.255 e. The van der Waals surface area contributed by atoms with E-state index >= 15 is 0 Å². The molecule has 1 aliphatic rings. The summed E-state index contributed by atoms with van der Waals surface area (Å²) < 4.78 is 10.2. The second-order valence-corrected chi connectivity index (χ2v) is 4.36. The van der Waals surface area contributed by atoms with Crippen molar-refractivity contribution in [1.82, 2.24) is 5.32 Å². The Morgan fingerprint density at radius 2 is 2.06 bits per heavy atom. The van der Waals surface area contributed by atoms with Crippen LogP contribution < -0.4 is 14.8 Å². The minimum atomic E-state index is -0.284. The molecule has 0 heterocycles. The number of aliphatic hydroxyl groups is 1. The molecular weight excluding hydrogens is 234 g/mol. The zero-order valence-corrected chi connectivity index (χ0v) is 10.5. The van der Waals surface area contributed by atoms with Gasteiger partial charge in [-0.2, -0.15) is 0 Å². The fourth-order valence-corrected chi connectivity index (χ4v) is 1.95. The summed E-state index contributed by atoms with van der Waals surface area (Å²) in [5.74, 6) is 0.931. The highest BCUT2D eigenvalue weighted by Gasteiger charge is 2.29. The van der Waals surface area contributed by atoms with Crippen LogP contribution in [0.3, 0.4) is 0 Å². The molecule has 2 rings (SSSR count). The lowest BCUT2D eigenvalue weighted by Crippen LogP contribution is -2.46. The van der Waals surface area contributed by atoms with Gasteiger partial charge in [-0.15, -0.1) is 0 Å². The van der Waals surface area contributed by atoms with Gasteiger partial charge in [-0.05, 0) is 25.0 Å². The highest BCUT2D eigenvalue weighted by atomic mass is 16.5. The third-order valence-corrected chi connectivity index (χ3v) is 3.10. The van der Waals surface area contributed by atoms with Gasteiger partial charge in [0.25, 0.3) is 5.91 Å². The molecule has 2 N–H and O–H groups in total. The number of methoxy groups -OCH3 is 2. The topological polar surface area (TPSA) is 67.8 Å². The summed E-state index contributed by atoms with van der Waals surface area (Å²) in [7, 11) is 3.07. The van der Waals surface area contributed by atoms with Gasteiger partial charge < -0.3 is 19.9 Å². The van der Waals surface area contributed by atoms with Gasteiger partial charge in [-0.3, -0.25) is 4.79 Å². The van der Waals surface area contributed by atoms with Crippen molar-refractivity contribution in [3.05, 3.63) is 23.8 Å². The second-order valence-electron chi connectivity index (χ2n) is 4.36. The first kappa shape index (κ1) is 12.7. The molecule has 1 aromatic rings. The molecule has 5 nitrogen and oxygen atoms in total. The van der Waals surface area contributed by atoms with Crippen LogP contribution in [0.4, 0.5) is 0 Å². The lowest BCUT2D eigenvalue weighted by Gasteiger charge is -2.32. The molecule has 0 unspecified atom stereocenters. The van der Waals surface area contributed by atoms with E-state index in [-0.39, 0.29) is 18.1 Å². The van der Waals surface area contributed by atoms with E-state index in [1.807, 2.05) is 0 Å². The maximum atomic E-state index is 12.0. The van der Waals surface area contributed by atoms with Gasteiger partial charge in [-0.25, -0.2) is 0 Å². The second kappa shape index (κ2) is 5.27. The molecule has 0 saturated heterocycles. The van der Waals surface area contributed by atoms with E-state index in [4.69, 9.17) is 9.47 Å². The van der Waals surface area contributed by atoms with Crippen molar-refractivity contribution in [3.8, 4) is 11.5 Å². The molecule has 1 aliphatic carbocycles. The van der Waals surface area contributed by atoms with Crippen molar-refractivity contribution in [2.45, 2.75) is 25.0 Å². The highest BCUT2D eigenvalue weighted by molar-refractivity contribution is 5.97. The quantitative estimate of drug-likeness (QED) is 0.836. The SMILES string of the molecule is COc1ccc(C(=O)NC2CC(O)C2)c(OC)c1. The monoisotopic (exact) mass is 251 g/mol. The van der Waals surface area contributed by atoms with E-state index in [0.717, 1.165) is 0 Å². The number of benzene rings is 1. The summed E-state index contributed by atoms with van der Waals surface area (Å²) in [6.07, 6.45) is 0.946. The molecule has 5 heteroatoms. The number of hydrogen-bond acceptors (Lipinski definition) is 4. The van der Waals surface area contributed by atoms with Crippen molar-refractivity contribution in [2.75, 3.05) is 14.2 Å². The van der Waals surface area contributed by atoms with E-state index in [2.05, 4.69) is 5.32 Å². The molecule has 1 fully saturated rings. The Morgan fingerprint density at radius 3 is 2.61 bits per heavy atom. The average Bonchev–Trinajstić information content (AvgIpc) is 2.36. The summed E-state index contributed by atoms with van der Waals surface area (Å²) in [5.41, 5.74) is 0.472. The van der Waals surface area contributed by atoms with Gasteiger partial charge in [0.05, 0.1) is 25.9 Å². The normalized spacial score (nSPS) is 21.9. The Morgan fingerprint density at radius 1 is 1.33 bits per heavy atom. The first-order valence-corrected chi connectivity index (χ1v) is 5.85. The van der Waals surface area contributed by atoms with Crippen molar-refractivity contribution in [1.29, 1.82) is 0 Å². The van der Waals surface area contributed by atoms with Crippen LogP contribution in [0.25, 0.3) is 0 Å². The van der Waals surface area contributed by atoms with Gasteiger partial charge >= 0.3 is 0 Å². The molecule has 1 amide bonds. The molecular formula is C13H17NO4. The molecule has 0 bridgehead atoms. The lowest BCUT2D eigenvalue weighted by molar-refractivity contribution is 0.0561. The Balaban J connectivity index is 2.09. The van der Waals surface area contributed by atoms with Crippen molar-refractivity contribution in [3.63, 3.8) is 0 Å². The number of carbonyl (C=O) groups is 1. The van der Waals surface area contributed by atoms with Crippen LogP contribution in [0.1, 0.15) is 23.2 Å². The predicted molar refractivity (Wildman–Crippen MR) is 66.0 cm³/mol. The predicted octanol–water partition coefficient (Wildman–Crippen LogP) is 0.957. The van der Waals surface area contributed by atoms with E-state index < -0.39 is 0 Å². The summed E-state index contributed by atoms with van der Waals surface area (Å²) in [5, 5.41) is 12.0. The summed E-state index contributed by atoms with van der Waals surface area (Å²) in [6, 6.07) is 5.11. The molecule has 0 aromatic heterocycles. The number of amides is 1. The fourth-order valence-electron chi connectivity index (χ4n) is 1.95. The zero-order chi connectivity index (χ0) is 13.1. The van der Waals surface area contributed by atoms with E-state index in [0.29, 0.717) is 29.9 Å². The number of carbonyl (C=O) groups excluding carboxylic acids is 1. The first-order valence-electron chi connectivity index (χ1n) is 5.85. The largest absolute Gasteiger partial charge is 0.497 e. The lowest BCUT2D eigenvalue weighted by atomic mass is 9.89. The number of aliphatic hydroxyl groups excluding tert-OH is 1. The van der Waals surface area contributed by atoms with Crippen LogP contribution >= 0.6 is 0 Å². The first-order chi connectivity index (χ1) is 8.63. The van der Waals surface area contributed by atoms with Crippen LogP contribution in [0, 0.1) is 0 Å². The van der Waals surface area contributed by atoms with Crippen LogP contribution in [0.5, 0.6) is 11.5 Å². The number of nitrogens with one attached hydrogen (secondary N) is 1. The third kappa shape index (κ3) is 2.56. The summed E-state index contributed by atoms with van der Waals surface area (Å²) in [6.45, 7) is 0. The van der Waals surface area contributed by atoms with E-state index in [1.54, 1.807) is 25.3 Å². The van der Waals surface area contributed by atoms with Gasteiger partial charge in [0.15, 0.2) is 0 Å². The molecule has 0 radical (unpaired) electrons. The van der Waals surface area contributed by atoms with E-state index in [1.165, 1.54) is 7.11 Å². The van der Waals surface area contributed by atoms with Crippen LogP contribution in [0.2, 0.25) is 0 Å². The molecule has 0 aliphatic heterocycles. The van der Waals surface area contributed by atoms with Crippen molar-refractivity contribution >= 4 is 5.91 Å². The van der Waals surface area contributed by atoms with E-state index in [9.17, 15) is 9.90 Å². The minimum Gasteiger partial charge on any atom is -0.497 e. The molecule has 0 spiro atoms. The highest BCUT2D eigenvalue weighted by Crippen LogP contribution is 2.26. The summed E-state index contributed by atoms with van der Waals surface area (Å²) >= 11 is 0. The Labute approximate surface area is 106 Å². The van der Waals surface area contributed by atoms with Crippen LogP contribution in [0.15, 0.2) is 18.2 Å². The number of ether oxygens (including phenoxy) is 2. The molecule has 98 valence electrons. The third-order valence-electron chi connectivity index (χ3n) is 3.10. The maximum Gasteiger partial charge on any atom is 0.255 e. The Hall–Kier alpha value is -1.75. The van der Waals surface area contributed by atoms with Gasteiger partial charge in [0, 0.05) is 12.1 Å². The van der Waals surface area contributed by atoms with Crippen molar-refractivity contribution in [2.24, 2.45) is 0 Å². The average molecular weight is 251 g/mol.